The van der Waals surface area contributed by atoms with Crippen LogP contribution < -0.4 is 20.2 Å². The number of rotatable bonds is 5. The Balaban J connectivity index is 2.06. The molecule has 0 saturated carbocycles. The van der Waals surface area contributed by atoms with E-state index in [1.165, 1.54) is 7.11 Å². The summed E-state index contributed by atoms with van der Waals surface area (Å²) < 4.78 is 37.3. The zero-order valence-electron chi connectivity index (χ0n) is 13.9. The van der Waals surface area contributed by atoms with Crippen LogP contribution in [0.5, 0.6) is 11.5 Å². The van der Waals surface area contributed by atoms with Gasteiger partial charge in [0, 0.05) is 17.3 Å². The molecule has 2 aromatic rings. The maximum Gasteiger partial charge on any atom is 0.191 e. The summed E-state index contributed by atoms with van der Waals surface area (Å²) in [5.74, 6) is 0.0133. The number of hydrogen-bond donors (Lipinski definition) is 2. The molecule has 0 unspecified atom stereocenters. The summed E-state index contributed by atoms with van der Waals surface area (Å²) in [5.41, 5.74) is 3.56. The number of hydrazone groups is 1. The molecule has 0 heterocycles. The molecule has 0 aromatic heterocycles. The van der Waals surface area contributed by atoms with Gasteiger partial charge in [0.25, 0.3) is 0 Å². The van der Waals surface area contributed by atoms with Crippen LogP contribution in [0.1, 0.15) is 12.5 Å². The first-order valence-corrected chi connectivity index (χ1v) is 7.64. The Morgan fingerprint density at radius 2 is 1.76 bits per heavy atom. The standard InChI is InChI=1S/C17H17F2N3O2S/c1-10(13-8-11(18)4-6-14(13)19)21-22-17(25)20-12-5-7-15(23-2)16(9-12)24-3/h4-9H,1-3H3,(H2,20,22,25)/b21-10-. The van der Waals surface area contributed by atoms with E-state index in [0.717, 1.165) is 18.2 Å². The normalized spacial score (nSPS) is 11.0. The zero-order valence-corrected chi connectivity index (χ0v) is 14.7. The molecule has 0 radical (unpaired) electrons. The first-order chi connectivity index (χ1) is 11.9. The Labute approximate surface area is 149 Å². The third kappa shape index (κ3) is 4.87. The molecule has 0 saturated heterocycles. The molecule has 2 N–H and O–H groups in total. The summed E-state index contributed by atoms with van der Waals surface area (Å²) in [4.78, 5) is 0. The molecule has 0 aliphatic carbocycles. The molecule has 0 atom stereocenters. The Bertz CT molecular complexity index is 812. The van der Waals surface area contributed by atoms with Gasteiger partial charge in [0.1, 0.15) is 11.6 Å². The van der Waals surface area contributed by atoms with E-state index in [9.17, 15) is 8.78 Å². The van der Waals surface area contributed by atoms with Crippen molar-refractivity contribution in [2.24, 2.45) is 5.10 Å². The van der Waals surface area contributed by atoms with Crippen molar-refractivity contribution in [1.82, 2.24) is 5.43 Å². The molecule has 0 amide bonds. The summed E-state index contributed by atoms with van der Waals surface area (Å²) in [6.07, 6.45) is 0. The lowest BCUT2D eigenvalue weighted by molar-refractivity contribution is 0.355. The van der Waals surface area contributed by atoms with E-state index < -0.39 is 11.6 Å². The molecule has 25 heavy (non-hydrogen) atoms. The summed E-state index contributed by atoms with van der Waals surface area (Å²) in [5, 5.41) is 7.06. The van der Waals surface area contributed by atoms with Crippen LogP contribution in [-0.4, -0.2) is 25.0 Å². The van der Waals surface area contributed by atoms with Crippen LogP contribution >= 0.6 is 12.2 Å². The second kappa shape index (κ2) is 8.39. The smallest absolute Gasteiger partial charge is 0.191 e. The Morgan fingerprint density at radius 1 is 1.04 bits per heavy atom. The summed E-state index contributed by atoms with van der Waals surface area (Å²) in [6, 6.07) is 8.33. The molecule has 2 rings (SSSR count). The minimum atomic E-state index is -0.566. The van der Waals surface area contributed by atoms with Crippen LogP contribution in [0.4, 0.5) is 14.5 Å². The highest BCUT2D eigenvalue weighted by atomic mass is 32.1. The van der Waals surface area contributed by atoms with E-state index in [0.29, 0.717) is 17.2 Å². The molecule has 0 aliphatic rings. The highest BCUT2D eigenvalue weighted by Crippen LogP contribution is 2.29. The predicted molar refractivity (Wildman–Crippen MR) is 97.5 cm³/mol. The molecular formula is C17H17F2N3O2S. The van der Waals surface area contributed by atoms with Gasteiger partial charge in [-0.15, -0.1) is 0 Å². The van der Waals surface area contributed by atoms with Gasteiger partial charge in [-0.3, -0.25) is 5.43 Å². The Kier molecular flexibility index (Phi) is 6.24. The van der Waals surface area contributed by atoms with Crippen LogP contribution in [0.25, 0.3) is 0 Å². The summed E-state index contributed by atoms with van der Waals surface area (Å²) in [6.45, 7) is 1.55. The highest BCUT2D eigenvalue weighted by molar-refractivity contribution is 7.80. The second-order valence-corrected chi connectivity index (χ2v) is 5.37. The van der Waals surface area contributed by atoms with Gasteiger partial charge in [0.15, 0.2) is 16.6 Å². The van der Waals surface area contributed by atoms with Crippen molar-refractivity contribution in [2.75, 3.05) is 19.5 Å². The Morgan fingerprint density at radius 3 is 2.44 bits per heavy atom. The molecule has 0 bridgehead atoms. The van der Waals surface area contributed by atoms with Gasteiger partial charge in [0.05, 0.1) is 19.9 Å². The Hall–Kier alpha value is -2.74. The maximum absolute atomic E-state index is 13.7. The number of hydrogen-bond acceptors (Lipinski definition) is 4. The third-order valence-corrected chi connectivity index (χ3v) is 3.48. The van der Waals surface area contributed by atoms with Crippen LogP contribution in [-0.2, 0) is 0 Å². The molecular weight excluding hydrogens is 348 g/mol. The van der Waals surface area contributed by atoms with Gasteiger partial charge in [-0.1, -0.05) is 0 Å². The van der Waals surface area contributed by atoms with Gasteiger partial charge in [0.2, 0.25) is 0 Å². The zero-order chi connectivity index (χ0) is 18.4. The summed E-state index contributed by atoms with van der Waals surface area (Å²) in [7, 11) is 3.07. The largest absolute Gasteiger partial charge is 0.493 e. The fraction of sp³-hybridized carbons (Fsp3) is 0.176. The SMILES string of the molecule is COc1ccc(NC(=S)N/N=C(/C)c2cc(F)ccc2F)cc1OC. The number of benzene rings is 2. The van der Waals surface area contributed by atoms with Crippen molar-refractivity contribution in [3.8, 4) is 11.5 Å². The van der Waals surface area contributed by atoms with Crippen molar-refractivity contribution in [2.45, 2.75) is 6.92 Å². The average Bonchev–Trinajstić information content (AvgIpc) is 2.61. The fourth-order valence-corrected chi connectivity index (χ4v) is 2.21. The molecule has 0 spiro atoms. The van der Waals surface area contributed by atoms with Crippen LogP contribution in [0.15, 0.2) is 41.5 Å². The van der Waals surface area contributed by atoms with Crippen molar-refractivity contribution in [3.63, 3.8) is 0 Å². The third-order valence-electron chi connectivity index (χ3n) is 3.28. The maximum atomic E-state index is 13.7. The predicted octanol–water partition coefficient (Wildman–Crippen LogP) is 3.69. The van der Waals surface area contributed by atoms with E-state index in [2.05, 4.69) is 15.8 Å². The quantitative estimate of drug-likeness (QED) is 0.481. The van der Waals surface area contributed by atoms with E-state index in [4.69, 9.17) is 21.7 Å². The lowest BCUT2D eigenvalue weighted by atomic mass is 10.1. The van der Waals surface area contributed by atoms with Crippen LogP contribution in [0.3, 0.4) is 0 Å². The number of nitrogens with zero attached hydrogens (tertiary/aromatic N) is 1. The van der Waals surface area contributed by atoms with Crippen molar-refractivity contribution in [1.29, 1.82) is 0 Å². The molecule has 2 aromatic carbocycles. The molecule has 132 valence electrons. The number of anilines is 1. The van der Waals surface area contributed by atoms with Gasteiger partial charge in [-0.2, -0.15) is 5.10 Å². The van der Waals surface area contributed by atoms with Crippen LogP contribution in [0.2, 0.25) is 0 Å². The van der Waals surface area contributed by atoms with Gasteiger partial charge < -0.3 is 14.8 Å². The molecule has 0 aliphatic heterocycles. The van der Waals surface area contributed by atoms with Gasteiger partial charge in [-0.25, -0.2) is 8.78 Å². The minimum Gasteiger partial charge on any atom is -0.493 e. The van der Waals surface area contributed by atoms with E-state index in [1.807, 2.05) is 0 Å². The highest BCUT2D eigenvalue weighted by Gasteiger charge is 2.08. The molecule has 0 fully saturated rings. The van der Waals surface area contributed by atoms with Crippen LogP contribution in [0, 0.1) is 11.6 Å². The molecule has 5 nitrogen and oxygen atoms in total. The molecule has 8 heteroatoms. The second-order valence-electron chi connectivity index (χ2n) is 4.96. The number of methoxy groups -OCH3 is 2. The van der Waals surface area contributed by atoms with E-state index >= 15 is 0 Å². The van der Waals surface area contributed by atoms with E-state index in [1.54, 1.807) is 32.2 Å². The monoisotopic (exact) mass is 365 g/mol. The number of halogens is 2. The topological polar surface area (TPSA) is 54.9 Å². The average molecular weight is 365 g/mol. The first kappa shape index (κ1) is 18.6. The number of ether oxygens (including phenoxy) is 2. The minimum absolute atomic E-state index is 0.0569. The van der Waals surface area contributed by atoms with Gasteiger partial charge in [-0.05, 0) is 49.5 Å². The lowest BCUT2D eigenvalue weighted by Gasteiger charge is -2.12. The van der Waals surface area contributed by atoms with E-state index in [-0.39, 0.29) is 16.4 Å². The van der Waals surface area contributed by atoms with Crippen molar-refractivity contribution >= 4 is 28.7 Å². The number of thiocarbonyl (C=S) groups is 1. The lowest BCUT2D eigenvalue weighted by Crippen LogP contribution is -2.25. The van der Waals surface area contributed by atoms with Gasteiger partial charge >= 0.3 is 0 Å². The fourth-order valence-electron chi connectivity index (χ4n) is 2.04. The first-order valence-electron chi connectivity index (χ1n) is 7.23. The summed E-state index contributed by atoms with van der Waals surface area (Å²) >= 11 is 5.13. The van der Waals surface area contributed by atoms with Crippen molar-refractivity contribution in [3.05, 3.63) is 53.6 Å². The van der Waals surface area contributed by atoms with Crippen molar-refractivity contribution < 1.29 is 18.3 Å². The number of nitrogens with one attached hydrogen (secondary N) is 2.